The van der Waals surface area contributed by atoms with Gasteiger partial charge in [0, 0.05) is 22.8 Å². The van der Waals surface area contributed by atoms with Crippen LogP contribution >= 0.6 is 0 Å². The van der Waals surface area contributed by atoms with Crippen LogP contribution in [0, 0.1) is 6.92 Å². The zero-order valence-electron chi connectivity index (χ0n) is 17.7. The average Bonchev–Trinajstić information content (AvgIpc) is 2.78. The minimum atomic E-state index is -0.989. The van der Waals surface area contributed by atoms with Crippen molar-refractivity contribution >= 4 is 28.5 Å². The Morgan fingerprint density at radius 1 is 1.13 bits per heavy atom. The van der Waals surface area contributed by atoms with Crippen LogP contribution in [-0.4, -0.2) is 36.2 Å². The molecule has 3 aromatic rings. The van der Waals surface area contributed by atoms with E-state index in [0.29, 0.717) is 47.8 Å². The van der Waals surface area contributed by atoms with Gasteiger partial charge < -0.3 is 19.5 Å². The molecule has 1 aromatic heterocycles. The van der Waals surface area contributed by atoms with E-state index in [0.717, 1.165) is 16.8 Å². The Morgan fingerprint density at radius 2 is 1.87 bits per heavy atom. The van der Waals surface area contributed by atoms with Crippen LogP contribution in [0.4, 0.5) is 5.69 Å². The van der Waals surface area contributed by atoms with E-state index in [4.69, 9.17) is 14.2 Å². The Kier molecular flexibility index (Phi) is 5.75. The molecular formula is C24H24N2O5. The first-order valence-corrected chi connectivity index (χ1v) is 10.3. The number of amides is 1. The van der Waals surface area contributed by atoms with Crippen LogP contribution in [0.5, 0.6) is 11.5 Å². The van der Waals surface area contributed by atoms with Crippen molar-refractivity contribution in [1.29, 1.82) is 0 Å². The molecule has 2 heterocycles. The third-order valence-electron chi connectivity index (χ3n) is 5.24. The first-order valence-electron chi connectivity index (χ1n) is 10.3. The fraction of sp³-hybridized carbons (Fsp3) is 0.292. The quantitative estimate of drug-likeness (QED) is 0.627. The maximum Gasteiger partial charge on any atom is 0.339 e. The van der Waals surface area contributed by atoms with Gasteiger partial charge in [-0.05, 0) is 44.0 Å². The fourth-order valence-electron chi connectivity index (χ4n) is 3.60. The van der Waals surface area contributed by atoms with E-state index >= 15 is 0 Å². The number of ether oxygens (including phenoxy) is 3. The lowest BCUT2D eigenvalue weighted by Gasteiger charge is -2.20. The number of pyridine rings is 1. The number of nitrogens with zero attached hydrogens (tertiary/aromatic N) is 1. The van der Waals surface area contributed by atoms with Crippen molar-refractivity contribution in [3.63, 3.8) is 0 Å². The maximum absolute atomic E-state index is 13.0. The number of aryl methyl sites for hydroxylation is 1. The smallest absolute Gasteiger partial charge is 0.339 e. The number of benzene rings is 2. The van der Waals surface area contributed by atoms with Crippen LogP contribution in [0.2, 0.25) is 0 Å². The Hall–Kier alpha value is -3.61. The summed E-state index contributed by atoms with van der Waals surface area (Å²) < 4.78 is 16.6. The predicted molar refractivity (Wildman–Crippen MR) is 117 cm³/mol. The van der Waals surface area contributed by atoms with Crippen LogP contribution in [0.15, 0.2) is 42.5 Å². The molecule has 0 spiro atoms. The molecule has 0 aliphatic carbocycles. The van der Waals surface area contributed by atoms with Gasteiger partial charge in [0.05, 0.1) is 11.1 Å². The van der Waals surface area contributed by atoms with Crippen LogP contribution in [0.3, 0.4) is 0 Å². The molecule has 4 rings (SSSR count). The summed E-state index contributed by atoms with van der Waals surface area (Å²) >= 11 is 0. The number of carbonyl (C=O) groups excluding carboxylic acids is 2. The normalized spacial score (nSPS) is 13.5. The van der Waals surface area contributed by atoms with Gasteiger partial charge in [-0.15, -0.1) is 0 Å². The van der Waals surface area contributed by atoms with Gasteiger partial charge in [-0.2, -0.15) is 0 Å². The molecular weight excluding hydrogens is 396 g/mol. The SMILES string of the molecule is CCc1nc2ccccc2c(C(=O)OC(C)C(=O)Nc2ccc3c(c2)OCCO3)c1C. The second-order valence-electron chi connectivity index (χ2n) is 7.32. The second kappa shape index (κ2) is 8.63. The van der Waals surface area contributed by atoms with Crippen molar-refractivity contribution in [2.75, 3.05) is 18.5 Å². The molecule has 31 heavy (non-hydrogen) atoms. The fourth-order valence-corrected chi connectivity index (χ4v) is 3.60. The van der Waals surface area contributed by atoms with Gasteiger partial charge in [0.1, 0.15) is 13.2 Å². The molecule has 0 bridgehead atoms. The zero-order valence-corrected chi connectivity index (χ0v) is 17.7. The van der Waals surface area contributed by atoms with E-state index in [2.05, 4.69) is 10.3 Å². The first kappa shape index (κ1) is 20.7. The monoisotopic (exact) mass is 420 g/mol. The topological polar surface area (TPSA) is 86.8 Å². The van der Waals surface area contributed by atoms with Crippen molar-refractivity contribution in [1.82, 2.24) is 4.98 Å². The average molecular weight is 420 g/mol. The van der Waals surface area contributed by atoms with E-state index in [1.165, 1.54) is 0 Å². The summed E-state index contributed by atoms with van der Waals surface area (Å²) in [7, 11) is 0. The Balaban J connectivity index is 1.52. The molecule has 1 unspecified atom stereocenters. The van der Waals surface area contributed by atoms with E-state index in [9.17, 15) is 9.59 Å². The summed E-state index contributed by atoms with van der Waals surface area (Å²) in [4.78, 5) is 30.3. The van der Waals surface area contributed by atoms with Gasteiger partial charge in [-0.1, -0.05) is 25.1 Å². The number of rotatable bonds is 5. The van der Waals surface area contributed by atoms with Gasteiger partial charge in [0.25, 0.3) is 5.91 Å². The molecule has 0 radical (unpaired) electrons. The highest BCUT2D eigenvalue weighted by Gasteiger charge is 2.24. The number of carbonyl (C=O) groups is 2. The third kappa shape index (κ3) is 4.17. The maximum atomic E-state index is 13.0. The molecule has 0 saturated heterocycles. The second-order valence-corrected chi connectivity index (χ2v) is 7.32. The largest absolute Gasteiger partial charge is 0.486 e. The van der Waals surface area contributed by atoms with Crippen LogP contribution in [0.25, 0.3) is 10.9 Å². The summed E-state index contributed by atoms with van der Waals surface area (Å²) in [5, 5.41) is 3.47. The van der Waals surface area contributed by atoms with Gasteiger partial charge in [0.2, 0.25) is 0 Å². The van der Waals surface area contributed by atoms with Gasteiger partial charge in [-0.3, -0.25) is 9.78 Å². The van der Waals surface area contributed by atoms with E-state index in [1.807, 2.05) is 38.1 Å². The van der Waals surface area contributed by atoms with Crippen LogP contribution in [0.1, 0.15) is 35.5 Å². The summed E-state index contributed by atoms with van der Waals surface area (Å²) in [5.41, 5.74) is 3.31. The third-order valence-corrected chi connectivity index (χ3v) is 5.24. The lowest BCUT2D eigenvalue weighted by Crippen LogP contribution is -2.30. The molecule has 0 fully saturated rings. The number of esters is 1. The number of para-hydroxylation sites is 1. The van der Waals surface area contributed by atoms with Crippen molar-refractivity contribution in [3.8, 4) is 11.5 Å². The van der Waals surface area contributed by atoms with E-state index in [1.54, 1.807) is 25.1 Å². The molecule has 0 saturated carbocycles. The molecule has 2 aromatic carbocycles. The van der Waals surface area contributed by atoms with E-state index in [-0.39, 0.29) is 0 Å². The Morgan fingerprint density at radius 3 is 2.65 bits per heavy atom. The molecule has 1 atom stereocenters. The van der Waals surface area contributed by atoms with Crippen molar-refractivity contribution < 1.29 is 23.8 Å². The molecule has 1 amide bonds. The Bertz CT molecular complexity index is 1160. The molecule has 7 heteroatoms. The first-order chi connectivity index (χ1) is 15.0. The van der Waals surface area contributed by atoms with Crippen molar-refractivity contribution in [2.24, 2.45) is 0 Å². The predicted octanol–water partition coefficient (Wildman–Crippen LogP) is 4.06. The molecule has 160 valence electrons. The van der Waals surface area contributed by atoms with Crippen LogP contribution < -0.4 is 14.8 Å². The minimum absolute atomic E-state index is 0.434. The van der Waals surface area contributed by atoms with Gasteiger partial charge >= 0.3 is 5.97 Å². The summed E-state index contributed by atoms with van der Waals surface area (Å²) in [6.07, 6.45) is -0.297. The Labute approximate surface area is 180 Å². The number of nitrogens with one attached hydrogen (secondary N) is 1. The van der Waals surface area contributed by atoms with E-state index < -0.39 is 18.0 Å². The lowest BCUT2D eigenvalue weighted by molar-refractivity contribution is -0.123. The van der Waals surface area contributed by atoms with Crippen molar-refractivity contribution in [2.45, 2.75) is 33.3 Å². The standard InChI is InChI=1S/C24H24N2O5/c1-4-18-14(2)22(17-7-5-6-8-19(17)26-18)24(28)31-15(3)23(27)25-16-9-10-20-21(13-16)30-12-11-29-20/h5-10,13,15H,4,11-12H2,1-3H3,(H,25,27). The minimum Gasteiger partial charge on any atom is -0.486 e. The number of hydrogen-bond donors (Lipinski definition) is 1. The highest BCUT2D eigenvalue weighted by molar-refractivity contribution is 6.06. The highest BCUT2D eigenvalue weighted by Crippen LogP contribution is 2.32. The molecule has 7 nitrogen and oxygen atoms in total. The van der Waals surface area contributed by atoms with Gasteiger partial charge in [0.15, 0.2) is 17.6 Å². The number of fused-ring (bicyclic) bond motifs is 2. The van der Waals surface area contributed by atoms with Crippen molar-refractivity contribution in [3.05, 3.63) is 59.3 Å². The lowest BCUT2D eigenvalue weighted by atomic mass is 10.0. The summed E-state index contributed by atoms with van der Waals surface area (Å²) in [5.74, 6) is 0.225. The number of anilines is 1. The highest BCUT2D eigenvalue weighted by atomic mass is 16.6. The molecule has 1 aliphatic heterocycles. The number of aromatic nitrogens is 1. The molecule has 1 N–H and O–H groups in total. The van der Waals surface area contributed by atoms with Gasteiger partial charge in [-0.25, -0.2) is 4.79 Å². The van der Waals surface area contributed by atoms with Crippen LogP contribution in [-0.2, 0) is 16.0 Å². The summed E-state index contributed by atoms with van der Waals surface area (Å²) in [6, 6.07) is 12.6. The zero-order chi connectivity index (χ0) is 22.0. The summed E-state index contributed by atoms with van der Waals surface area (Å²) in [6.45, 7) is 6.34. The number of hydrogen-bond acceptors (Lipinski definition) is 6. The molecule has 1 aliphatic rings.